The molecule has 1 fully saturated rings. The second kappa shape index (κ2) is 30.4. The normalized spacial score (nSPS) is 20.2. The molecule has 1 aliphatic rings. The fourth-order valence-corrected chi connectivity index (χ4v) is 11.2. The van der Waals surface area contributed by atoms with E-state index in [9.17, 15) is 82.3 Å². The molecule has 5 aromatic rings. The van der Waals surface area contributed by atoms with E-state index in [4.69, 9.17) is 17.2 Å². The Labute approximate surface area is 491 Å². The van der Waals surface area contributed by atoms with Crippen LogP contribution < -0.4 is 54.4 Å². The predicted octanol–water partition coefficient (Wildman–Crippen LogP) is 2.61. The number of carbonyl (C=O) groups is 8. The van der Waals surface area contributed by atoms with Crippen molar-refractivity contribution in [2.45, 2.75) is 107 Å². The molecule has 1 saturated heterocycles. The van der Waals surface area contributed by atoms with Crippen molar-refractivity contribution in [3.05, 3.63) is 135 Å². The number of H-pyrrole nitrogens is 1. The first-order valence-corrected chi connectivity index (χ1v) is 28.8. The summed E-state index contributed by atoms with van der Waals surface area (Å²) in [6.07, 6.45) is 1.35. The maximum Gasteiger partial charge on any atom is 0.244 e. The van der Waals surface area contributed by atoms with Gasteiger partial charge in [0.05, 0.1) is 6.04 Å². The van der Waals surface area contributed by atoms with Crippen LogP contribution in [-0.4, -0.2) is 124 Å². The lowest BCUT2D eigenvalue weighted by atomic mass is 10.00. The Morgan fingerprint density at radius 2 is 1.20 bits per heavy atom. The second-order valence-electron chi connectivity index (χ2n) is 20.1. The first-order valence-electron chi connectivity index (χ1n) is 26.3. The quantitative estimate of drug-likeness (QED) is 0.0198. The second-order valence-corrected chi connectivity index (χ2v) is 22.6. The third kappa shape index (κ3) is 16.7. The SMILES string of the molecule is CC(C)[C@H]1NC(=O)[C@H](CCCCN)NC(=O)[C@@H](Cc2c[nH]c3ccccc23)NC(=O)[C@H](Cc2cccnc2)NC(=O)[C@@H](NC(=O)[C@@H](N)Cc2c(F)c(F)c(F)c(F)c2F)CSSC[C@H](C(=O)N[C@@H](Cc2c(F)c(F)c(F)c(F)c2F)C(N)=O)NC1=O. The van der Waals surface area contributed by atoms with Gasteiger partial charge in [-0.15, -0.1) is 0 Å². The predicted molar refractivity (Wildman–Crippen MR) is 293 cm³/mol. The number of nitrogens with one attached hydrogen (secondary N) is 8. The molecule has 20 nitrogen and oxygen atoms in total. The summed E-state index contributed by atoms with van der Waals surface area (Å²) in [5.74, 6) is -35.7. The number of halogens is 10. The Hall–Kier alpha value is -7.97. The summed E-state index contributed by atoms with van der Waals surface area (Å²) in [5.41, 5.74) is 15.6. The molecule has 464 valence electrons. The van der Waals surface area contributed by atoms with Crippen LogP contribution in [0.5, 0.6) is 0 Å². The zero-order chi connectivity index (χ0) is 63.3. The summed E-state index contributed by atoms with van der Waals surface area (Å²) >= 11 is 0. The number of carbonyl (C=O) groups excluding carboxylic acids is 8. The number of unbranched alkanes of at least 4 members (excludes halogenated alkanes) is 1. The number of benzene rings is 3. The van der Waals surface area contributed by atoms with Crippen molar-refractivity contribution in [2.75, 3.05) is 18.1 Å². The highest BCUT2D eigenvalue weighted by Crippen LogP contribution is 2.28. The number of hydrogen-bond donors (Lipinski definition) is 11. The summed E-state index contributed by atoms with van der Waals surface area (Å²) in [6.45, 7) is 3.10. The fraction of sp³-hybridized carbons (Fsp3) is 0.389. The Kier molecular flexibility index (Phi) is 23.7. The molecule has 0 unspecified atom stereocenters. The largest absolute Gasteiger partial charge is 0.368 e. The Balaban J connectivity index is 1.43. The molecule has 6 rings (SSSR count). The Morgan fingerprint density at radius 1 is 0.651 bits per heavy atom. The first kappa shape index (κ1) is 67.2. The van der Waals surface area contributed by atoms with Crippen molar-refractivity contribution < 1.29 is 82.3 Å². The number of aromatic amines is 1. The molecule has 8 amide bonds. The van der Waals surface area contributed by atoms with Crippen LogP contribution in [0, 0.1) is 64.1 Å². The van der Waals surface area contributed by atoms with Gasteiger partial charge in [0.2, 0.25) is 58.9 Å². The minimum Gasteiger partial charge on any atom is -0.368 e. The van der Waals surface area contributed by atoms with Gasteiger partial charge in [0.25, 0.3) is 0 Å². The van der Waals surface area contributed by atoms with E-state index in [0.717, 1.165) is 0 Å². The minimum atomic E-state index is -2.54. The number of para-hydroxylation sites is 1. The standard InChI is InChI=1S/C54H58F10N12O8S2/c1-22(2)46-54(84)75-35(52(82)71-31(47(67)77)17-27-38(57)42(61)45(64)43(62)39(27)58)21-86-85-20-34(74-48(78)28(66)16-26-36(55)40(59)44(63)41(60)37(26)56)53(83)72-32(14-23-8-7-13-68-18-23)50(80)73-33(15-24-19-69-29-10-4-3-9-25(24)29)51(81)70-30(49(79)76-46)11-5-6-12-65/h3-4,7-10,13,18-19,22,28,30-35,46,69H,5-6,11-12,14-17,20-21,65-66H2,1-2H3,(H2,67,77)(H,70,81)(H,71,82)(H,72,83)(H,73,80)(H,74,78)(H,75,84)(H,76,79)/t28-,30-,31-,32-,33+,34-,35+,46+/m0/s1. The zero-order valence-electron chi connectivity index (χ0n) is 45.5. The van der Waals surface area contributed by atoms with Gasteiger partial charge in [-0.3, -0.25) is 43.3 Å². The highest BCUT2D eigenvalue weighted by molar-refractivity contribution is 8.76. The van der Waals surface area contributed by atoms with Crippen LogP contribution in [0.4, 0.5) is 43.9 Å². The zero-order valence-corrected chi connectivity index (χ0v) is 47.1. The van der Waals surface area contributed by atoms with Gasteiger partial charge in [0, 0.05) is 77.8 Å². The van der Waals surface area contributed by atoms with E-state index >= 15 is 0 Å². The Bertz CT molecular complexity index is 3300. The third-order valence-corrected chi connectivity index (χ3v) is 16.0. The topological polar surface area (TPSA) is 328 Å². The number of hydrogen-bond acceptors (Lipinski definition) is 13. The van der Waals surface area contributed by atoms with Crippen LogP contribution in [0.3, 0.4) is 0 Å². The molecular formula is C54H58F10N12O8S2. The van der Waals surface area contributed by atoms with Crippen molar-refractivity contribution in [1.82, 2.24) is 47.2 Å². The smallest absolute Gasteiger partial charge is 0.244 e. The highest BCUT2D eigenvalue weighted by Gasteiger charge is 2.38. The van der Waals surface area contributed by atoms with Gasteiger partial charge >= 0.3 is 0 Å². The third-order valence-electron chi connectivity index (χ3n) is 13.6. The molecular weight excluding hydrogens is 1200 g/mol. The van der Waals surface area contributed by atoms with Crippen LogP contribution in [0.2, 0.25) is 0 Å². The number of aromatic nitrogens is 2. The fourth-order valence-electron chi connectivity index (χ4n) is 8.87. The van der Waals surface area contributed by atoms with Crippen molar-refractivity contribution in [1.29, 1.82) is 0 Å². The van der Waals surface area contributed by atoms with Crippen molar-refractivity contribution in [3.63, 3.8) is 0 Å². The van der Waals surface area contributed by atoms with Gasteiger partial charge in [-0.1, -0.05) is 59.7 Å². The highest BCUT2D eigenvalue weighted by atomic mass is 33.1. The number of pyridine rings is 1. The van der Waals surface area contributed by atoms with E-state index in [2.05, 4.69) is 41.9 Å². The average molecular weight is 1260 g/mol. The molecule has 8 atom stereocenters. The minimum absolute atomic E-state index is 0.108. The molecule has 14 N–H and O–H groups in total. The Morgan fingerprint density at radius 3 is 1.78 bits per heavy atom. The molecule has 0 saturated carbocycles. The average Bonchev–Trinajstić information content (AvgIpc) is 3.47. The van der Waals surface area contributed by atoms with E-state index in [-0.39, 0.29) is 32.2 Å². The van der Waals surface area contributed by atoms with Crippen LogP contribution in [0.1, 0.15) is 55.4 Å². The summed E-state index contributed by atoms with van der Waals surface area (Å²) in [5, 5.41) is 17.6. The summed E-state index contributed by atoms with van der Waals surface area (Å²) in [7, 11) is 1.24. The molecule has 0 radical (unpaired) electrons. The van der Waals surface area contributed by atoms with Gasteiger partial charge in [-0.05, 0) is 55.0 Å². The molecule has 0 aliphatic carbocycles. The maximum absolute atomic E-state index is 14.9. The lowest BCUT2D eigenvalue weighted by Crippen LogP contribution is -2.61. The maximum atomic E-state index is 14.9. The van der Waals surface area contributed by atoms with Gasteiger partial charge in [-0.2, -0.15) is 0 Å². The summed E-state index contributed by atoms with van der Waals surface area (Å²) in [6, 6.07) is -4.62. The molecule has 3 aromatic carbocycles. The van der Waals surface area contributed by atoms with Crippen molar-refractivity contribution in [3.8, 4) is 0 Å². The van der Waals surface area contributed by atoms with Gasteiger partial charge < -0.3 is 59.4 Å². The molecule has 86 heavy (non-hydrogen) atoms. The first-order chi connectivity index (χ1) is 40.7. The molecule has 2 aromatic heterocycles. The molecule has 0 bridgehead atoms. The van der Waals surface area contributed by atoms with Crippen LogP contribution in [-0.2, 0) is 64.0 Å². The van der Waals surface area contributed by atoms with Crippen LogP contribution in [0.15, 0.2) is 55.0 Å². The van der Waals surface area contributed by atoms with E-state index < -0.39 is 195 Å². The molecule has 1 aliphatic heterocycles. The molecule has 32 heteroatoms. The van der Waals surface area contributed by atoms with E-state index in [1.165, 1.54) is 38.4 Å². The van der Waals surface area contributed by atoms with Gasteiger partial charge in [-0.25, -0.2) is 43.9 Å². The molecule has 0 spiro atoms. The summed E-state index contributed by atoms with van der Waals surface area (Å²) in [4.78, 5) is 121. The summed E-state index contributed by atoms with van der Waals surface area (Å²) < 4.78 is 144. The van der Waals surface area contributed by atoms with Crippen LogP contribution >= 0.6 is 21.6 Å². The number of nitrogens with zero attached hydrogens (tertiary/aromatic N) is 1. The lowest BCUT2D eigenvalue weighted by Gasteiger charge is -2.29. The lowest BCUT2D eigenvalue weighted by molar-refractivity contribution is -0.136. The number of amides is 8. The van der Waals surface area contributed by atoms with Crippen molar-refractivity contribution >= 4 is 79.7 Å². The monoisotopic (exact) mass is 1260 g/mol. The number of primary amides is 1. The number of nitrogens with two attached hydrogens (primary N) is 3. The number of rotatable bonds is 18. The van der Waals surface area contributed by atoms with E-state index in [1.807, 2.05) is 5.32 Å². The van der Waals surface area contributed by atoms with Crippen LogP contribution in [0.25, 0.3) is 10.9 Å². The van der Waals surface area contributed by atoms with Gasteiger partial charge in [0.15, 0.2) is 46.5 Å². The van der Waals surface area contributed by atoms with E-state index in [0.29, 0.717) is 50.0 Å². The van der Waals surface area contributed by atoms with Gasteiger partial charge in [0.1, 0.15) is 42.3 Å². The van der Waals surface area contributed by atoms with Crippen molar-refractivity contribution in [2.24, 2.45) is 23.1 Å². The number of fused-ring (bicyclic) bond motifs is 1. The molecule has 3 heterocycles. The van der Waals surface area contributed by atoms with E-state index in [1.54, 1.807) is 30.5 Å².